The third-order valence-electron chi connectivity index (χ3n) is 2.81. The minimum atomic E-state index is -0.830. The van der Waals surface area contributed by atoms with Gasteiger partial charge >= 0.3 is 12.0 Å². The molecule has 1 amide bonds. The van der Waals surface area contributed by atoms with Crippen LogP contribution in [-0.2, 0) is 4.79 Å². The largest absolute Gasteiger partial charge is 0.481 e. The third kappa shape index (κ3) is 5.37. The van der Waals surface area contributed by atoms with Crippen molar-refractivity contribution in [2.45, 2.75) is 25.7 Å². The summed E-state index contributed by atoms with van der Waals surface area (Å²) in [4.78, 5) is 26.0. The smallest absolute Gasteiger partial charge is 0.326 e. The summed E-state index contributed by atoms with van der Waals surface area (Å²) in [7, 11) is 0. The van der Waals surface area contributed by atoms with Gasteiger partial charge < -0.3 is 10.4 Å². The highest BCUT2D eigenvalue weighted by atomic mass is 16.4. The van der Waals surface area contributed by atoms with Crippen molar-refractivity contribution in [1.82, 2.24) is 14.9 Å². The van der Waals surface area contributed by atoms with E-state index >= 15 is 0 Å². The molecule has 0 spiro atoms. The van der Waals surface area contributed by atoms with Gasteiger partial charge in [-0.15, -0.1) is 6.58 Å². The molecule has 0 saturated carbocycles. The molecule has 1 unspecified atom stereocenters. The van der Waals surface area contributed by atoms with Crippen molar-refractivity contribution in [2.75, 3.05) is 6.54 Å². The van der Waals surface area contributed by atoms with Gasteiger partial charge in [-0.1, -0.05) is 18.9 Å². The van der Waals surface area contributed by atoms with Gasteiger partial charge in [0.05, 0.1) is 5.92 Å². The first-order valence-corrected chi connectivity index (χ1v) is 6.26. The molecule has 0 bridgehead atoms. The predicted molar refractivity (Wildman–Crippen MR) is 70.8 cm³/mol. The first-order chi connectivity index (χ1) is 9.15. The van der Waals surface area contributed by atoms with Crippen LogP contribution in [0.2, 0.25) is 0 Å². The number of rotatable bonds is 8. The van der Waals surface area contributed by atoms with Crippen molar-refractivity contribution in [3.8, 4) is 0 Å². The molecule has 6 heteroatoms. The van der Waals surface area contributed by atoms with E-state index in [2.05, 4.69) is 16.9 Å². The van der Waals surface area contributed by atoms with Gasteiger partial charge in [-0.25, -0.2) is 9.78 Å². The molecule has 1 aromatic rings. The van der Waals surface area contributed by atoms with Crippen molar-refractivity contribution in [3.05, 3.63) is 31.4 Å². The molecule has 0 radical (unpaired) electrons. The van der Waals surface area contributed by atoms with Gasteiger partial charge in [0.1, 0.15) is 6.33 Å². The lowest BCUT2D eigenvalue weighted by molar-refractivity contribution is -0.140. The normalized spacial score (nSPS) is 11.8. The zero-order valence-corrected chi connectivity index (χ0v) is 10.8. The van der Waals surface area contributed by atoms with E-state index < -0.39 is 11.9 Å². The van der Waals surface area contributed by atoms with E-state index in [0.717, 1.165) is 19.3 Å². The molecular weight excluding hydrogens is 246 g/mol. The number of nitrogens with one attached hydrogen (secondary N) is 1. The first-order valence-electron chi connectivity index (χ1n) is 6.26. The minimum Gasteiger partial charge on any atom is -0.481 e. The number of aromatic nitrogens is 2. The molecule has 1 atom stereocenters. The molecule has 104 valence electrons. The summed E-state index contributed by atoms with van der Waals surface area (Å²) in [5, 5.41) is 11.6. The summed E-state index contributed by atoms with van der Waals surface area (Å²) in [6, 6.07) is -0.202. The van der Waals surface area contributed by atoms with Crippen molar-refractivity contribution in [1.29, 1.82) is 0 Å². The summed E-state index contributed by atoms with van der Waals surface area (Å²) in [6.45, 7) is 4.07. The quantitative estimate of drug-likeness (QED) is 0.555. The van der Waals surface area contributed by atoms with Crippen LogP contribution in [0, 0.1) is 5.92 Å². The van der Waals surface area contributed by atoms with E-state index in [4.69, 9.17) is 5.11 Å². The van der Waals surface area contributed by atoms with Gasteiger partial charge in [-0.2, -0.15) is 0 Å². The molecule has 0 aliphatic rings. The molecule has 0 fully saturated rings. The lowest BCUT2D eigenvalue weighted by Gasteiger charge is -2.07. The van der Waals surface area contributed by atoms with Crippen molar-refractivity contribution in [3.63, 3.8) is 0 Å². The number of hydrogen-bond donors (Lipinski definition) is 2. The Hall–Kier alpha value is -2.11. The number of aliphatic carboxylic acids is 1. The van der Waals surface area contributed by atoms with E-state index in [-0.39, 0.29) is 6.03 Å². The van der Waals surface area contributed by atoms with E-state index in [1.54, 1.807) is 12.4 Å². The topological polar surface area (TPSA) is 84.2 Å². The minimum absolute atomic E-state index is 0.202. The highest BCUT2D eigenvalue weighted by Crippen LogP contribution is 2.10. The number of unbranched alkanes of at least 4 members (excludes halogenated alkanes) is 2. The Morgan fingerprint density at radius 1 is 1.42 bits per heavy atom. The van der Waals surface area contributed by atoms with Crippen LogP contribution in [0.4, 0.5) is 4.79 Å². The number of imidazole rings is 1. The van der Waals surface area contributed by atoms with Crippen molar-refractivity contribution in [2.24, 2.45) is 5.92 Å². The monoisotopic (exact) mass is 265 g/mol. The number of amides is 1. The summed E-state index contributed by atoms with van der Waals surface area (Å²) < 4.78 is 1.37. The van der Waals surface area contributed by atoms with Crippen LogP contribution in [0.25, 0.3) is 0 Å². The average molecular weight is 265 g/mol. The SMILES string of the molecule is C=CC(CCCCCNC(=O)n1ccnc1)C(=O)O. The molecule has 0 aliphatic carbocycles. The van der Waals surface area contributed by atoms with Gasteiger partial charge in [-0.3, -0.25) is 9.36 Å². The Balaban J connectivity index is 2.07. The molecule has 1 aromatic heterocycles. The van der Waals surface area contributed by atoms with E-state index in [1.165, 1.54) is 17.0 Å². The van der Waals surface area contributed by atoms with Gasteiger partial charge in [0.2, 0.25) is 0 Å². The molecule has 2 N–H and O–H groups in total. The lowest BCUT2D eigenvalue weighted by Crippen LogP contribution is -2.28. The van der Waals surface area contributed by atoms with Crippen molar-refractivity contribution < 1.29 is 14.7 Å². The highest BCUT2D eigenvalue weighted by molar-refractivity contribution is 5.76. The van der Waals surface area contributed by atoms with Crippen LogP contribution in [-0.4, -0.2) is 33.2 Å². The van der Waals surface area contributed by atoms with Crippen LogP contribution in [0.5, 0.6) is 0 Å². The number of carboxylic acid groups (broad SMARTS) is 1. The second-order valence-electron chi connectivity index (χ2n) is 4.23. The number of carbonyl (C=O) groups is 2. The molecular formula is C13H19N3O3. The molecule has 1 heterocycles. The molecule has 19 heavy (non-hydrogen) atoms. The van der Waals surface area contributed by atoms with Crippen LogP contribution in [0.1, 0.15) is 25.7 Å². The van der Waals surface area contributed by atoms with Crippen molar-refractivity contribution >= 4 is 12.0 Å². The number of nitrogens with zero attached hydrogens (tertiary/aromatic N) is 2. The summed E-state index contributed by atoms with van der Waals surface area (Å²) in [5.74, 6) is -1.30. The summed E-state index contributed by atoms with van der Waals surface area (Å²) in [6.07, 6.45) is 9.13. The fourth-order valence-electron chi connectivity index (χ4n) is 1.67. The van der Waals surface area contributed by atoms with E-state index in [0.29, 0.717) is 13.0 Å². The van der Waals surface area contributed by atoms with Crippen LogP contribution in [0.15, 0.2) is 31.4 Å². The zero-order valence-electron chi connectivity index (χ0n) is 10.8. The Labute approximate surface area is 112 Å². The second kappa shape index (κ2) is 8.07. The maximum Gasteiger partial charge on any atom is 0.326 e. The van der Waals surface area contributed by atoms with Crippen LogP contribution >= 0.6 is 0 Å². The average Bonchev–Trinajstić information content (AvgIpc) is 2.91. The van der Waals surface area contributed by atoms with Gasteiger partial charge in [0.25, 0.3) is 0 Å². The van der Waals surface area contributed by atoms with Gasteiger partial charge in [-0.05, 0) is 12.8 Å². The Bertz CT molecular complexity index is 415. The molecule has 0 saturated heterocycles. The fourth-order valence-corrected chi connectivity index (χ4v) is 1.67. The molecule has 1 rings (SSSR count). The zero-order chi connectivity index (χ0) is 14.1. The first kappa shape index (κ1) is 14.9. The number of hydrogen-bond acceptors (Lipinski definition) is 3. The summed E-state index contributed by atoms with van der Waals surface area (Å²) >= 11 is 0. The standard InChI is InChI=1S/C13H19N3O3/c1-2-11(12(17)18)6-4-3-5-7-15-13(19)16-9-8-14-10-16/h2,8-11H,1,3-7H2,(H,15,19)(H,17,18). The van der Waals surface area contributed by atoms with E-state index in [9.17, 15) is 9.59 Å². The third-order valence-corrected chi connectivity index (χ3v) is 2.81. The Morgan fingerprint density at radius 3 is 2.79 bits per heavy atom. The maximum absolute atomic E-state index is 11.5. The molecule has 0 aromatic carbocycles. The highest BCUT2D eigenvalue weighted by Gasteiger charge is 2.11. The Morgan fingerprint density at radius 2 is 2.21 bits per heavy atom. The van der Waals surface area contributed by atoms with Gasteiger partial charge in [0, 0.05) is 18.9 Å². The predicted octanol–water partition coefficient (Wildman–Crippen LogP) is 1.89. The molecule has 6 nitrogen and oxygen atoms in total. The van der Waals surface area contributed by atoms with Crippen LogP contribution in [0.3, 0.4) is 0 Å². The fraction of sp³-hybridized carbons (Fsp3) is 0.462. The second-order valence-corrected chi connectivity index (χ2v) is 4.23. The number of carboxylic acids is 1. The summed E-state index contributed by atoms with van der Waals surface area (Å²) in [5.41, 5.74) is 0. The van der Waals surface area contributed by atoms with Crippen LogP contribution < -0.4 is 5.32 Å². The van der Waals surface area contributed by atoms with E-state index in [1.807, 2.05) is 0 Å². The Kier molecular flexibility index (Phi) is 6.35. The maximum atomic E-state index is 11.5. The molecule has 0 aliphatic heterocycles. The number of carbonyl (C=O) groups excluding carboxylic acids is 1. The lowest BCUT2D eigenvalue weighted by atomic mass is 10.0. The van der Waals surface area contributed by atoms with Gasteiger partial charge in [0.15, 0.2) is 0 Å².